The Morgan fingerprint density at radius 3 is 2.95 bits per heavy atom. The quantitative estimate of drug-likeness (QED) is 0.867. The van der Waals surface area contributed by atoms with Crippen LogP contribution in [0.4, 0.5) is 14.9 Å². The molecule has 1 saturated heterocycles. The number of nitrogens with one attached hydrogen (secondary N) is 1. The molecular formula is C14H16BrFN2O3. The van der Waals surface area contributed by atoms with E-state index in [1.807, 2.05) is 0 Å². The summed E-state index contributed by atoms with van der Waals surface area (Å²) in [5.74, 6) is -1.03. The minimum absolute atomic E-state index is 0.121. The SMILES string of the molecule is O=C(O)CCC1CCN(C(=O)Nc2cc(F)ccc2Br)C1. The molecule has 2 rings (SSSR count). The van der Waals surface area contributed by atoms with Gasteiger partial charge in [-0.1, -0.05) is 0 Å². The fourth-order valence-electron chi connectivity index (χ4n) is 2.37. The summed E-state index contributed by atoms with van der Waals surface area (Å²) in [6, 6.07) is 3.79. The van der Waals surface area contributed by atoms with Crippen molar-refractivity contribution >= 4 is 33.6 Å². The number of carbonyl (C=O) groups is 2. The van der Waals surface area contributed by atoms with Crippen LogP contribution in [0.25, 0.3) is 0 Å². The van der Waals surface area contributed by atoms with Gasteiger partial charge in [0, 0.05) is 24.0 Å². The van der Waals surface area contributed by atoms with E-state index in [1.165, 1.54) is 18.2 Å². The molecule has 1 aromatic rings. The van der Waals surface area contributed by atoms with Crippen molar-refractivity contribution in [3.8, 4) is 0 Å². The van der Waals surface area contributed by atoms with Crippen LogP contribution in [-0.4, -0.2) is 35.1 Å². The van der Waals surface area contributed by atoms with Crippen molar-refractivity contribution in [3.05, 3.63) is 28.5 Å². The van der Waals surface area contributed by atoms with Crippen LogP contribution in [0.15, 0.2) is 22.7 Å². The summed E-state index contributed by atoms with van der Waals surface area (Å²) >= 11 is 3.26. The molecule has 1 heterocycles. The van der Waals surface area contributed by atoms with Gasteiger partial charge in [0.2, 0.25) is 0 Å². The first kappa shape index (κ1) is 15.8. The van der Waals surface area contributed by atoms with E-state index in [2.05, 4.69) is 21.2 Å². The summed E-state index contributed by atoms with van der Waals surface area (Å²) < 4.78 is 13.8. The summed E-state index contributed by atoms with van der Waals surface area (Å²) in [5, 5.41) is 11.3. The number of likely N-dealkylation sites (tertiary alicyclic amines) is 1. The smallest absolute Gasteiger partial charge is 0.321 e. The molecule has 1 aromatic carbocycles. The molecule has 21 heavy (non-hydrogen) atoms. The third kappa shape index (κ3) is 4.42. The third-order valence-electron chi connectivity index (χ3n) is 3.51. The topological polar surface area (TPSA) is 69.6 Å². The number of hydrogen-bond acceptors (Lipinski definition) is 2. The van der Waals surface area contributed by atoms with Crippen LogP contribution in [0.5, 0.6) is 0 Å². The van der Waals surface area contributed by atoms with Gasteiger partial charge in [0.05, 0.1) is 5.69 Å². The van der Waals surface area contributed by atoms with Crippen LogP contribution in [0, 0.1) is 11.7 Å². The van der Waals surface area contributed by atoms with E-state index in [-0.39, 0.29) is 18.4 Å². The number of nitrogens with zero attached hydrogens (tertiary/aromatic N) is 1. The van der Waals surface area contributed by atoms with Crippen LogP contribution in [-0.2, 0) is 4.79 Å². The first-order chi connectivity index (χ1) is 9.95. The summed E-state index contributed by atoms with van der Waals surface area (Å²) in [4.78, 5) is 24.3. The number of carboxylic acid groups (broad SMARTS) is 1. The lowest BCUT2D eigenvalue weighted by molar-refractivity contribution is -0.137. The lowest BCUT2D eigenvalue weighted by Gasteiger charge is -2.18. The number of benzene rings is 1. The molecule has 0 radical (unpaired) electrons. The van der Waals surface area contributed by atoms with E-state index < -0.39 is 11.8 Å². The predicted octanol–water partition coefficient (Wildman–Crippen LogP) is 3.31. The molecule has 0 saturated carbocycles. The molecule has 2 amide bonds. The van der Waals surface area contributed by atoms with Gasteiger partial charge in [0.15, 0.2) is 0 Å². The maximum absolute atomic E-state index is 13.2. The van der Waals surface area contributed by atoms with Gasteiger partial charge in [-0.3, -0.25) is 4.79 Å². The Balaban J connectivity index is 1.90. The fourth-order valence-corrected chi connectivity index (χ4v) is 2.71. The predicted molar refractivity (Wildman–Crippen MR) is 79.7 cm³/mol. The monoisotopic (exact) mass is 358 g/mol. The summed E-state index contributed by atoms with van der Waals surface area (Å²) in [5.41, 5.74) is 0.383. The summed E-state index contributed by atoms with van der Waals surface area (Å²) in [6.45, 7) is 1.12. The third-order valence-corrected chi connectivity index (χ3v) is 4.20. The standard InChI is InChI=1S/C14H16BrFN2O3/c15-11-3-2-10(16)7-12(11)17-14(21)18-6-5-9(8-18)1-4-13(19)20/h2-3,7,9H,1,4-6,8H2,(H,17,21)(H,19,20). The Morgan fingerprint density at radius 1 is 1.48 bits per heavy atom. The van der Waals surface area contributed by atoms with E-state index in [9.17, 15) is 14.0 Å². The van der Waals surface area contributed by atoms with Gasteiger partial charge in [-0.2, -0.15) is 0 Å². The van der Waals surface area contributed by atoms with Gasteiger partial charge in [0.1, 0.15) is 5.82 Å². The zero-order chi connectivity index (χ0) is 15.4. The van der Waals surface area contributed by atoms with Crippen LogP contribution in [0.1, 0.15) is 19.3 Å². The summed E-state index contributed by atoms with van der Waals surface area (Å²) in [7, 11) is 0. The number of aliphatic carboxylic acids is 1. The molecule has 5 nitrogen and oxygen atoms in total. The number of carbonyl (C=O) groups excluding carboxylic acids is 1. The second-order valence-electron chi connectivity index (χ2n) is 5.09. The molecule has 1 atom stereocenters. The lowest BCUT2D eigenvalue weighted by Crippen LogP contribution is -2.33. The highest BCUT2D eigenvalue weighted by Gasteiger charge is 2.26. The second kappa shape index (κ2) is 6.89. The Hall–Kier alpha value is -1.63. The van der Waals surface area contributed by atoms with Gasteiger partial charge in [-0.25, -0.2) is 9.18 Å². The first-order valence-electron chi connectivity index (χ1n) is 6.68. The largest absolute Gasteiger partial charge is 0.481 e. The van der Waals surface area contributed by atoms with Crippen molar-refractivity contribution in [1.29, 1.82) is 0 Å². The van der Waals surface area contributed by atoms with Gasteiger partial charge in [-0.05, 0) is 52.9 Å². The summed E-state index contributed by atoms with van der Waals surface area (Å²) in [6.07, 6.45) is 1.49. The first-order valence-corrected chi connectivity index (χ1v) is 7.48. The highest BCUT2D eigenvalue weighted by molar-refractivity contribution is 9.10. The van der Waals surface area contributed by atoms with Crippen LogP contribution in [0.3, 0.4) is 0 Å². The highest BCUT2D eigenvalue weighted by Crippen LogP contribution is 2.25. The van der Waals surface area contributed by atoms with Gasteiger partial charge < -0.3 is 15.3 Å². The molecular weight excluding hydrogens is 343 g/mol. The number of urea groups is 1. The zero-order valence-corrected chi connectivity index (χ0v) is 12.9. The number of carboxylic acids is 1. The maximum atomic E-state index is 13.2. The molecule has 0 aliphatic carbocycles. The number of hydrogen-bond donors (Lipinski definition) is 2. The molecule has 1 aliphatic rings. The average Bonchev–Trinajstić information content (AvgIpc) is 2.89. The molecule has 0 bridgehead atoms. The molecule has 0 aromatic heterocycles. The second-order valence-corrected chi connectivity index (χ2v) is 5.94. The van der Waals surface area contributed by atoms with Crippen molar-refractivity contribution in [1.82, 2.24) is 4.90 Å². The maximum Gasteiger partial charge on any atom is 0.321 e. The fraction of sp³-hybridized carbons (Fsp3) is 0.429. The lowest BCUT2D eigenvalue weighted by atomic mass is 10.0. The minimum atomic E-state index is -0.818. The molecule has 114 valence electrons. The Kier molecular flexibility index (Phi) is 5.17. The van der Waals surface area contributed by atoms with Gasteiger partial charge >= 0.3 is 12.0 Å². The van der Waals surface area contributed by atoms with Crippen molar-refractivity contribution in [3.63, 3.8) is 0 Å². The van der Waals surface area contributed by atoms with Crippen molar-refractivity contribution in [2.75, 3.05) is 18.4 Å². The molecule has 7 heteroatoms. The van der Waals surface area contributed by atoms with Gasteiger partial charge in [0.25, 0.3) is 0 Å². The Labute approximate surface area is 130 Å². The van der Waals surface area contributed by atoms with E-state index in [0.717, 1.165) is 6.42 Å². The number of rotatable bonds is 4. The van der Waals surface area contributed by atoms with Crippen molar-refractivity contribution in [2.24, 2.45) is 5.92 Å². The van der Waals surface area contributed by atoms with Crippen molar-refractivity contribution in [2.45, 2.75) is 19.3 Å². The number of anilines is 1. The van der Waals surface area contributed by atoms with E-state index in [4.69, 9.17) is 5.11 Å². The van der Waals surface area contributed by atoms with E-state index >= 15 is 0 Å². The molecule has 1 unspecified atom stereocenters. The molecule has 1 aliphatic heterocycles. The Morgan fingerprint density at radius 2 is 2.24 bits per heavy atom. The van der Waals surface area contributed by atoms with E-state index in [0.29, 0.717) is 29.7 Å². The van der Waals surface area contributed by atoms with Gasteiger partial charge in [-0.15, -0.1) is 0 Å². The highest BCUT2D eigenvalue weighted by atomic mass is 79.9. The molecule has 0 spiro atoms. The number of halogens is 2. The normalized spacial score (nSPS) is 17.8. The van der Waals surface area contributed by atoms with E-state index in [1.54, 1.807) is 4.90 Å². The minimum Gasteiger partial charge on any atom is -0.481 e. The van der Waals surface area contributed by atoms with Crippen molar-refractivity contribution < 1.29 is 19.1 Å². The van der Waals surface area contributed by atoms with Crippen LogP contribution in [0.2, 0.25) is 0 Å². The number of amides is 2. The molecule has 1 fully saturated rings. The average molecular weight is 359 g/mol. The Bertz CT molecular complexity index is 553. The molecule has 2 N–H and O–H groups in total. The van der Waals surface area contributed by atoms with Crippen LogP contribution >= 0.6 is 15.9 Å². The zero-order valence-electron chi connectivity index (χ0n) is 11.3. The van der Waals surface area contributed by atoms with Crippen LogP contribution < -0.4 is 5.32 Å².